The zero-order valence-corrected chi connectivity index (χ0v) is 14.0. The number of halogens is 2. The molecule has 0 saturated carbocycles. The molecule has 0 unspecified atom stereocenters. The number of nitrogen functional groups attached to an aromatic ring is 1. The van der Waals surface area contributed by atoms with E-state index in [0.717, 1.165) is 0 Å². The summed E-state index contributed by atoms with van der Waals surface area (Å²) in [6.45, 7) is 0.0491. The quantitative estimate of drug-likeness (QED) is 0.723. The summed E-state index contributed by atoms with van der Waals surface area (Å²) in [4.78, 5) is 19.9. The number of carboxylic acids is 1. The highest BCUT2D eigenvalue weighted by molar-refractivity contribution is 6.31. The lowest BCUT2D eigenvalue weighted by Gasteiger charge is -2.14. The Kier molecular flexibility index (Phi) is 3.73. The summed E-state index contributed by atoms with van der Waals surface area (Å²) in [7, 11) is 0. The maximum Gasteiger partial charge on any atom is 0.358 e. The van der Waals surface area contributed by atoms with E-state index < -0.39 is 11.8 Å². The molecule has 1 aliphatic heterocycles. The fourth-order valence-electron chi connectivity index (χ4n) is 3.02. The van der Waals surface area contributed by atoms with Crippen molar-refractivity contribution in [3.05, 3.63) is 75.9 Å². The van der Waals surface area contributed by atoms with Gasteiger partial charge >= 0.3 is 5.97 Å². The monoisotopic (exact) mass is 370 g/mol. The Balaban J connectivity index is 2.02. The minimum Gasteiger partial charge on any atom is -0.476 e. The van der Waals surface area contributed by atoms with E-state index in [2.05, 4.69) is 9.98 Å². The molecule has 1 aromatic heterocycles. The van der Waals surface area contributed by atoms with Gasteiger partial charge in [0.15, 0.2) is 5.69 Å². The molecule has 0 atom stereocenters. The van der Waals surface area contributed by atoms with Crippen molar-refractivity contribution in [3.63, 3.8) is 0 Å². The number of fused-ring (bicyclic) bond motifs is 3. The maximum atomic E-state index is 14.4. The van der Waals surface area contributed by atoms with Crippen molar-refractivity contribution in [2.45, 2.75) is 6.54 Å². The molecule has 2 heterocycles. The first kappa shape index (κ1) is 16.3. The van der Waals surface area contributed by atoms with Gasteiger partial charge in [0.2, 0.25) is 0 Å². The lowest BCUT2D eigenvalue weighted by Crippen LogP contribution is -2.11. The molecule has 3 aromatic rings. The number of hydrogen-bond donors (Lipinski definition) is 2. The van der Waals surface area contributed by atoms with Crippen LogP contribution in [0.4, 0.5) is 10.2 Å². The first-order chi connectivity index (χ1) is 12.5. The van der Waals surface area contributed by atoms with Gasteiger partial charge in [0.1, 0.15) is 17.5 Å². The van der Waals surface area contributed by atoms with Crippen molar-refractivity contribution in [2.24, 2.45) is 4.99 Å². The summed E-state index contributed by atoms with van der Waals surface area (Å²) in [5, 5.41) is 9.72. The van der Waals surface area contributed by atoms with Crippen LogP contribution < -0.4 is 5.73 Å². The van der Waals surface area contributed by atoms with Crippen molar-refractivity contribution in [1.29, 1.82) is 0 Å². The van der Waals surface area contributed by atoms with E-state index in [-0.39, 0.29) is 18.1 Å². The van der Waals surface area contributed by atoms with E-state index in [9.17, 15) is 14.3 Å². The summed E-state index contributed by atoms with van der Waals surface area (Å²) < 4.78 is 15.9. The summed E-state index contributed by atoms with van der Waals surface area (Å²) in [5.74, 6) is -1.30. The summed E-state index contributed by atoms with van der Waals surface area (Å²) in [5.41, 5.74) is 7.59. The molecule has 8 heteroatoms. The summed E-state index contributed by atoms with van der Waals surface area (Å²) in [6, 6.07) is 11.3. The highest BCUT2D eigenvalue weighted by Gasteiger charge is 2.27. The Hall–Kier alpha value is -3.19. The van der Waals surface area contributed by atoms with Gasteiger partial charge in [-0.15, -0.1) is 0 Å². The number of rotatable bonds is 2. The van der Waals surface area contributed by atoms with E-state index in [1.54, 1.807) is 36.4 Å². The second kappa shape index (κ2) is 5.96. The minimum atomic E-state index is -1.23. The number of nitrogens with zero attached hydrogens (tertiary/aromatic N) is 3. The second-order valence-electron chi connectivity index (χ2n) is 5.71. The number of hydrogen-bond acceptors (Lipinski definition) is 4. The average Bonchev–Trinajstić information content (AvgIpc) is 2.85. The van der Waals surface area contributed by atoms with Crippen LogP contribution in [0.1, 0.15) is 27.4 Å². The standard InChI is InChI=1S/C18H12ClFN4O2/c19-9-5-6-13-11(7-9)15(10-3-1-2-4-12(10)20)22-8-14-23-16(18(25)26)17(21)24(13)14/h1-7H,8,21H2,(H,25,26). The number of anilines is 1. The third kappa shape index (κ3) is 2.44. The van der Waals surface area contributed by atoms with Crippen molar-refractivity contribution < 1.29 is 14.3 Å². The third-order valence-corrected chi connectivity index (χ3v) is 4.38. The fourth-order valence-corrected chi connectivity index (χ4v) is 3.20. The van der Waals surface area contributed by atoms with Gasteiger partial charge in [-0.25, -0.2) is 14.2 Å². The molecule has 2 aromatic carbocycles. The van der Waals surface area contributed by atoms with E-state index in [1.807, 2.05) is 0 Å². The normalized spacial score (nSPS) is 12.8. The number of aromatic nitrogens is 2. The van der Waals surface area contributed by atoms with Gasteiger partial charge in [-0.2, -0.15) is 0 Å². The number of carbonyl (C=O) groups is 1. The fraction of sp³-hybridized carbons (Fsp3) is 0.0556. The highest BCUT2D eigenvalue weighted by atomic mass is 35.5. The van der Waals surface area contributed by atoms with Crippen molar-refractivity contribution in [2.75, 3.05) is 5.73 Å². The smallest absolute Gasteiger partial charge is 0.358 e. The van der Waals surface area contributed by atoms with Crippen LogP contribution in [-0.2, 0) is 6.54 Å². The van der Waals surface area contributed by atoms with Gasteiger partial charge in [-0.1, -0.05) is 23.7 Å². The van der Waals surface area contributed by atoms with E-state index in [4.69, 9.17) is 17.3 Å². The molecule has 0 bridgehead atoms. The zero-order valence-electron chi connectivity index (χ0n) is 13.3. The molecule has 4 rings (SSSR count). The number of imidazole rings is 1. The highest BCUT2D eigenvalue weighted by Crippen LogP contribution is 2.31. The summed E-state index contributed by atoms with van der Waals surface area (Å²) >= 11 is 6.15. The Bertz CT molecular complexity index is 1090. The third-order valence-electron chi connectivity index (χ3n) is 4.15. The SMILES string of the molecule is Nc1c(C(=O)O)nc2n1-c1ccc(Cl)cc1C(c1ccccc1F)=NC2. The molecule has 6 nitrogen and oxygen atoms in total. The van der Waals surface area contributed by atoms with Gasteiger partial charge in [0.25, 0.3) is 0 Å². The largest absolute Gasteiger partial charge is 0.476 e. The van der Waals surface area contributed by atoms with E-state index in [0.29, 0.717) is 33.4 Å². The molecule has 0 aliphatic carbocycles. The molecule has 0 radical (unpaired) electrons. The van der Waals surface area contributed by atoms with Crippen LogP contribution in [0.2, 0.25) is 5.02 Å². The van der Waals surface area contributed by atoms with Crippen LogP contribution in [-0.4, -0.2) is 26.3 Å². The van der Waals surface area contributed by atoms with Gasteiger partial charge in [0.05, 0.1) is 17.9 Å². The lowest BCUT2D eigenvalue weighted by atomic mass is 10.00. The Morgan fingerprint density at radius 3 is 2.73 bits per heavy atom. The van der Waals surface area contributed by atoms with E-state index in [1.165, 1.54) is 10.6 Å². The molecule has 130 valence electrons. The predicted molar refractivity (Wildman–Crippen MR) is 95.7 cm³/mol. The van der Waals surface area contributed by atoms with Gasteiger partial charge < -0.3 is 10.8 Å². The second-order valence-corrected chi connectivity index (χ2v) is 6.15. The average molecular weight is 371 g/mol. The Morgan fingerprint density at radius 2 is 2.00 bits per heavy atom. The molecular formula is C18H12ClFN4O2. The van der Waals surface area contributed by atoms with Gasteiger partial charge in [0, 0.05) is 16.1 Å². The van der Waals surface area contributed by atoms with Crippen LogP contribution in [0.5, 0.6) is 0 Å². The molecule has 3 N–H and O–H groups in total. The van der Waals surface area contributed by atoms with Gasteiger partial charge in [-0.05, 0) is 30.3 Å². The van der Waals surface area contributed by atoms with Gasteiger partial charge in [-0.3, -0.25) is 9.56 Å². The predicted octanol–water partition coefficient (Wildman–Crippen LogP) is 3.30. The van der Waals surface area contributed by atoms with Crippen LogP contribution in [0.25, 0.3) is 5.69 Å². The Morgan fingerprint density at radius 1 is 1.23 bits per heavy atom. The van der Waals surface area contributed by atoms with Crippen molar-refractivity contribution >= 4 is 29.1 Å². The Labute approximate surface area is 152 Å². The number of benzene rings is 2. The topological polar surface area (TPSA) is 93.5 Å². The van der Waals surface area contributed by atoms with Crippen molar-refractivity contribution in [3.8, 4) is 5.69 Å². The molecule has 1 aliphatic rings. The first-order valence-electron chi connectivity index (χ1n) is 7.67. The van der Waals surface area contributed by atoms with E-state index >= 15 is 0 Å². The van der Waals surface area contributed by atoms with Crippen LogP contribution in [0.15, 0.2) is 47.5 Å². The first-order valence-corrected chi connectivity index (χ1v) is 8.05. The van der Waals surface area contributed by atoms with Crippen LogP contribution in [0.3, 0.4) is 0 Å². The molecule has 0 saturated heterocycles. The van der Waals surface area contributed by atoms with Crippen LogP contribution >= 0.6 is 11.6 Å². The molecule has 0 spiro atoms. The molecular weight excluding hydrogens is 359 g/mol. The molecule has 0 fully saturated rings. The number of aliphatic imine (C=N–C) groups is 1. The van der Waals surface area contributed by atoms with Crippen molar-refractivity contribution in [1.82, 2.24) is 9.55 Å². The number of nitrogens with two attached hydrogens (primary N) is 1. The molecule has 0 amide bonds. The van der Waals surface area contributed by atoms with Crippen LogP contribution in [0, 0.1) is 5.82 Å². The minimum absolute atomic E-state index is 0.0129. The number of aromatic carboxylic acids is 1. The number of carboxylic acid groups (broad SMARTS) is 1. The molecule has 26 heavy (non-hydrogen) atoms. The zero-order chi connectivity index (χ0) is 18.4. The lowest BCUT2D eigenvalue weighted by molar-refractivity contribution is 0.0692. The summed E-state index contributed by atoms with van der Waals surface area (Å²) in [6.07, 6.45) is 0. The maximum absolute atomic E-state index is 14.4.